The molecule has 4 rings (SSSR count). The summed E-state index contributed by atoms with van der Waals surface area (Å²) < 4.78 is 2.24. The molecule has 1 fully saturated rings. The Morgan fingerprint density at radius 2 is 2.22 bits per heavy atom. The molecule has 1 aromatic carbocycles. The fourth-order valence-electron chi connectivity index (χ4n) is 3.46. The Morgan fingerprint density at radius 3 is 2.96 bits per heavy atom. The van der Waals surface area contributed by atoms with E-state index >= 15 is 0 Å². The lowest BCUT2D eigenvalue weighted by molar-refractivity contribution is 0.0673. The summed E-state index contributed by atoms with van der Waals surface area (Å²) in [6.07, 6.45) is 3.02. The summed E-state index contributed by atoms with van der Waals surface area (Å²) in [4.78, 5) is 30.3. The number of fused-ring (bicyclic) bond motifs is 5. The monoisotopic (exact) mass is 376 g/mol. The molecule has 7 nitrogen and oxygen atoms in total. The van der Waals surface area contributed by atoms with Gasteiger partial charge in [0.25, 0.3) is 5.91 Å². The van der Waals surface area contributed by atoms with Crippen LogP contribution in [0, 0.1) is 0 Å². The Kier molecular flexibility index (Phi) is 2.99. The van der Waals surface area contributed by atoms with Gasteiger partial charge in [0.1, 0.15) is 6.33 Å². The topological polar surface area (TPSA) is 101 Å². The first kappa shape index (κ1) is 14.3. The van der Waals surface area contributed by atoms with Gasteiger partial charge in [-0.15, -0.1) is 0 Å². The van der Waals surface area contributed by atoms with Gasteiger partial charge in [-0.1, -0.05) is 0 Å². The number of nitrogens with zero attached hydrogens (tertiary/aromatic N) is 3. The molecule has 1 amide bonds. The highest BCUT2D eigenvalue weighted by atomic mass is 79.9. The maximum Gasteiger partial charge on any atom is 0.356 e. The van der Waals surface area contributed by atoms with Crippen molar-refractivity contribution >= 4 is 33.5 Å². The molecule has 2 aromatic rings. The fraction of sp³-hybridized carbons (Fsp3) is 0.267. The average molecular weight is 377 g/mol. The van der Waals surface area contributed by atoms with Gasteiger partial charge in [0.2, 0.25) is 0 Å². The molecule has 1 aromatic heterocycles. The lowest BCUT2D eigenvalue weighted by Crippen LogP contribution is -2.30. The predicted molar refractivity (Wildman–Crippen MR) is 85.6 cm³/mol. The van der Waals surface area contributed by atoms with Crippen LogP contribution in [0.15, 0.2) is 22.9 Å². The van der Waals surface area contributed by atoms with Crippen molar-refractivity contribution in [2.75, 3.05) is 12.3 Å². The molecule has 3 heterocycles. The number of carbonyl (C=O) groups excluding carboxylic acids is 1. The zero-order valence-corrected chi connectivity index (χ0v) is 13.6. The number of hydrogen-bond donors (Lipinski definition) is 2. The number of nitrogens with two attached hydrogens (primary N) is 1. The third-order valence-electron chi connectivity index (χ3n) is 4.46. The van der Waals surface area contributed by atoms with Crippen molar-refractivity contribution in [3.05, 3.63) is 39.9 Å². The van der Waals surface area contributed by atoms with Crippen LogP contribution in [0.25, 0.3) is 5.69 Å². The number of benzene rings is 1. The van der Waals surface area contributed by atoms with Gasteiger partial charge in [-0.25, -0.2) is 9.78 Å². The first-order valence-corrected chi connectivity index (χ1v) is 8.00. The van der Waals surface area contributed by atoms with E-state index in [2.05, 4.69) is 20.9 Å². The molecule has 1 saturated heterocycles. The normalized spacial score (nSPS) is 19.1. The molecule has 2 aliphatic heterocycles. The largest absolute Gasteiger partial charge is 0.476 e. The number of hydrogen-bond acceptors (Lipinski definition) is 4. The predicted octanol–water partition coefficient (Wildman–Crippen LogP) is 2.21. The number of aromatic nitrogens is 2. The van der Waals surface area contributed by atoms with E-state index in [-0.39, 0.29) is 17.6 Å². The van der Waals surface area contributed by atoms with Crippen molar-refractivity contribution in [2.45, 2.75) is 18.9 Å². The number of rotatable bonds is 1. The van der Waals surface area contributed by atoms with E-state index in [1.54, 1.807) is 21.6 Å². The molecule has 0 radical (unpaired) electrons. The Morgan fingerprint density at radius 1 is 1.43 bits per heavy atom. The molecule has 2 aliphatic rings. The van der Waals surface area contributed by atoms with Gasteiger partial charge in [-0.2, -0.15) is 0 Å². The molecule has 0 saturated carbocycles. The number of carbonyl (C=O) groups is 2. The average Bonchev–Trinajstić information content (AvgIpc) is 3.12. The lowest BCUT2D eigenvalue weighted by atomic mass is 10.1. The van der Waals surface area contributed by atoms with Crippen LogP contribution >= 0.6 is 15.9 Å². The first-order chi connectivity index (χ1) is 11.0. The molecule has 118 valence electrons. The highest BCUT2D eigenvalue weighted by Gasteiger charge is 2.40. The number of carboxylic acid groups (broad SMARTS) is 1. The summed E-state index contributed by atoms with van der Waals surface area (Å²) in [5, 5.41) is 9.45. The van der Waals surface area contributed by atoms with Gasteiger partial charge in [-0.3, -0.25) is 9.36 Å². The van der Waals surface area contributed by atoms with Crippen LogP contribution in [-0.2, 0) is 0 Å². The highest BCUT2D eigenvalue weighted by molar-refractivity contribution is 9.10. The van der Waals surface area contributed by atoms with Crippen molar-refractivity contribution < 1.29 is 14.7 Å². The summed E-state index contributed by atoms with van der Waals surface area (Å²) in [6.45, 7) is 0.592. The summed E-state index contributed by atoms with van der Waals surface area (Å²) in [5.41, 5.74) is 8.00. The maximum absolute atomic E-state index is 13.0. The van der Waals surface area contributed by atoms with Crippen LogP contribution in [0.2, 0.25) is 0 Å². The minimum absolute atomic E-state index is 0.00417. The standard InChI is InChI=1S/C15H13BrN4O3/c16-11-7(17)3-4-8-10(11)14(21)19-5-1-2-9(19)13-12(15(22)23)18-6-20(8)13/h3-4,6,9H,1-2,5,17H2,(H,22,23)/t9-/m0/s1. The molecule has 0 unspecified atom stereocenters. The van der Waals surface area contributed by atoms with Crippen molar-refractivity contribution in [1.29, 1.82) is 0 Å². The summed E-state index contributed by atoms with van der Waals surface area (Å²) in [7, 11) is 0. The number of nitrogen functional groups attached to an aromatic ring is 1. The van der Waals surface area contributed by atoms with E-state index in [4.69, 9.17) is 5.73 Å². The fourth-order valence-corrected chi connectivity index (χ4v) is 3.96. The molecular weight excluding hydrogens is 364 g/mol. The SMILES string of the molecule is Nc1ccc2c(c1Br)C(=O)N1CCC[C@H]1c1c(C(=O)O)ncn1-2. The second-order valence-electron chi connectivity index (χ2n) is 5.67. The highest BCUT2D eigenvalue weighted by Crippen LogP contribution is 2.42. The number of imidazole rings is 1. The van der Waals surface area contributed by atoms with E-state index in [9.17, 15) is 14.7 Å². The Labute approximate surface area is 139 Å². The lowest BCUT2D eigenvalue weighted by Gasteiger charge is -2.22. The zero-order valence-electron chi connectivity index (χ0n) is 12.0. The van der Waals surface area contributed by atoms with Gasteiger partial charge in [0.05, 0.1) is 27.5 Å². The van der Waals surface area contributed by atoms with E-state index in [1.165, 1.54) is 6.33 Å². The number of amides is 1. The first-order valence-electron chi connectivity index (χ1n) is 7.20. The summed E-state index contributed by atoms with van der Waals surface area (Å²) >= 11 is 3.40. The minimum atomic E-state index is -1.09. The Hall–Kier alpha value is -2.35. The summed E-state index contributed by atoms with van der Waals surface area (Å²) in [5.74, 6) is -1.22. The number of halogens is 1. The molecular formula is C15H13BrN4O3. The maximum atomic E-state index is 13.0. The zero-order chi connectivity index (χ0) is 16.3. The van der Waals surface area contributed by atoms with Gasteiger partial charge in [0, 0.05) is 12.2 Å². The third-order valence-corrected chi connectivity index (χ3v) is 5.31. The van der Waals surface area contributed by atoms with Gasteiger partial charge in [0.15, 0.2) is 5.69 Å². The second-order valence-corrected chi connectivity index (χ2v) is 6.47. The van der Waals surface area contributed by atoms with Gasteiger partial charge < -0.3 is 15.7 Å². The van der Waals surface area contributed by atoms with E-state index < -0.39 is 5.97 Å². The number of anilines is 1. The third kappa shape index (κ3) is 1.84. The van der Waals surface area contributed by atoms with E-state index in [0.717, 1.165) is 12.8 Å². The van der Waals surface area contributed by atoms with Crippen LogP contribution in [-0.4, -0.2) is 38.0 Å². The van der Waals surface area contributed by atoms with Crippen LogP contribution in [0.4, 0.5) is 5.69 Å². The quantitative estimate of drug-likeness (QED) is 0.742. The summed E-state index contributed by atoms with van der Waals surface area (Å²) in [6, 6.07) is 3.14. The number of carboxylic acids is 1. The minimum Gasteiger partial charge on any atom is -0.476 e. The van der Waals surface area contributed by atoms with Gasteiger partial charge in [-0.05, 0) is 40.9 Å². The molecule has 0 aliphatic carbocycles. The Bertz CT molecular complexity index is 861. The van der Waals surface area contributed by atoms with E-state index in [0.29, 0.717) is 33.6 Å². The van der Waals surface area contributed by atoms with Crippen LogP contribution in [0.3, 0.4) is 0 Å². The van der Waals surface area contributed by atoms with Crippen molar-refractivity contribution in [3.63, 3.8) is 0 Å². The number of aromatic carboxylic acids is 1. The molecule has 8 heteroatoms. The van der Waals surface area contributed by atoms with Crippen LogP contribution < -0.4 is 5.73 Å². The van der Waals surface area contributed by atoms with Crippen molar-refractivity contribution in [3.8, 4) is 5.69 Å². The van der Waals surface area contributed by atoms with E-state index in [1.807, 2.05) is 0 Å². The van der Waals surface area contributed by atoms with Crippen LogP contribution in [0.1, 0.15) is 45.4 Å². The Balaban J connectivity index is 2.08. The molecule has 3 N–H and O–H groups in total. The van der Waals surface area contributed by atoms with Crippen molar-refractivity contribution in [2.24, 2.45) is 0 Å². The molecule has 0 spiro atoms. The molecule has 1 atom stereocenters. The smallest absolute Gasteiger partial charge is 0.356 e. The second kappa shape index (κ2) is 4.82. The van der Waals surface area contributed by atoms with Crippen molar-refractivity contribution in [1.82, 2.24) is 14.5 Å². The molecule has 0 bridgehead atoms. The molecule has 23 heavy (non-hydrogen) atoms. The van der Waals surface area contributed by atoms with Gasteiger partial charge >= 0.3 is 5.97 Å². The van der Waals surface area contributed by atoms with Crippen LogP contribution in [0.5, 0.6) is 0 Å².